The predicted molar refractivity (Wildman–Crippen MR) is 79.0 cm³/mol. The Morgan fingerprint density at radius 2 is 1.05 bits per heavy atom. The first-order chi connectivity index (χ1) is 10.1. The largest absolute Gasteiger partial charge is 0.269 e. The molecule has 2 rings (SSSR count). The molecular weight excluding hydrogens is 316 g/mol. The Labute approximate surface area is 128 Å². The van der Waals surface area contributed by atoms with E-state index in [0.29, 0.717) is 0 Å². The van der Waals surface area contributed by atoms with Crippen LogP contribution in [0, 0.1) is 20.2 Å². The van der Waals surface area contributed by atoms with Crippen LogP contribution in [0.25, 0.3) is 0 Å². The van der Waals surface area contributed by atoms with Gasteiger partial charge in [0.05, 0.1) is 9.85 Å². The van der Waals surface area contributed by atoms with Crippen molar-refractivity contribution in [3.8, 4) is 0 Å². The van der Waals surface area contributed by atoms with Gasteiger partial charge in [0.1, 0.15) is 0 Å². The van der Waals surface area contributed by atoms with Crippen LogP contribution in [-0.2, 0) is 3.63 Å². The van der Waals surface area contributed by atoms with Gasteiger partial charge in [-0.25, -0.2) is 3.63 Å². The molecule has 2 aromatic carbocycles. The number of rotatable bonds is 6. The Bertz CT molecular complexity index is 588. The molecule has 0 aliphatic rings. The Morgan fingerprint density at radius 1 is 0.714 bits per heavy atom. The second-order valence-corrected chi connectivity index (χ2v) is 5.56. The third-order valence-corrected chi connectivity index (χ3v) is 3.83. The van der Waals surface area contributed by atoms with Crippen LogP contribution < -0.4 is 0 Å². The van der Waals surface area contributed by atoms with Crippen LogP contribution in [0.15, 0.2) is 58.3 Å². The second kappa shape index (κ2) is 7.07. The molecule has 0 bridgehead atoms. The number of hydrogen-bond donors (Lipinski definition) is 0. The molecule has 0 saturated heterocycles. The second-order valence-electron chi connectivity index (χ2n) is 3.74. The van der Waals surface area contributed by atoms with E-state index in [2.05, 4.69) is 0 Å². The van der Waals surface area contributed by atoms with Crippen molar-refractivity contribution in [1.29, 1.82) is 0 Å². The molecule has 2 aromatic rings. The van der Waals surface area contributed by atoms with Crippen LogP contribution in [-0.4, -0.2) is 9.85 Å². The number of non-ortho nitro benzene ring substituents is 2. The number of benzene rings is 2. The van der Waals surface area contributed by atoms with Gasteiger partial charge in [-0.15, -0.1) is 0 Å². The van der Waals surface area contributed by atoms with E-state index >= 15 is 0 Å². The van der Waals surface area contributed by atoms with Crippen LogP contribution in [0.1, 0.15) is 0 Å². The average Bonchev–Trinajstić information content (AvgIpc) is 2.48. The SMILES string of the molecule is O=[N+]([O-])c1ccc(SOSc2ccc([N+](=O)[O-])cc2)cc1. The lowest BCUT2D eigenvalue weighted by molar-refractivity contribution is -0.385. The van der Waals surface area contributed by atoms with Gasteiger partial charge in [0.15, 0.2) is 0 Å². The Kier molecular flexibility index (Phi) is 5.14. The summed E-state index contributed by atoms with van der Waals surface area (Å²) in [7, 11) is 0. The van der Waals surface area contributed by atoms with Crippen molar-refractivity contribution in [2.24, 2.45) is 0 Å². The molecule has 0 spiro atoms. The van der Waals surface area contributed by atoms with Crippen LogP contribution in [0.4, 0.5) is 11.4 Å². The molecule has 0 heterocycles. The van der Waals surface area contributed by atoms with Crippen molar-refractivity contribution in [1.82, 2.24) is 0 Å². The summed E-state index contributed by atoms with van der Waals surface area (Å²) in [5.41, 5.74) is 0.0322. The summed E-state index contributed by atoms with van der Waals surface area (Å²) < 4.78 is 5.30. The molecule has 0 radical (unpaired) electrons. The zero-order valence-electron chi connectivity index (χ0n) is 10.4. The fourth-order valence-corrected chi connectivity index (χ4v) is 2.60. The van der Waals surface area contributed by atoms with Crippen molar-refractivity contribution in [3.63, 3.8) is 0 Å². The number of nitro groups is 2. The minimum absolute atomic E-state index is 0.0161. The molecule has 108 valence electrons. The van der Waals surface area contributed by atoms with Crippen molar-refractivity contribution >= 4 is 35.5 Å². The molecule has 7 nitrogen and oxygen atoms in total. The summed E-state index contributed by atoms with van der Waals surface area (Å²) in [5, 5.41) is 21.0. The molecule has 0 atom stereocenters. The first-order valence-electron chi connectivity index (χ1n) is 5.56. The standard InChI is InChI=1S/C12H8N2O5S2/c15-13(16)9-1-5-11(6-2-9)20-19-21-12-7-3-10(4-8-12)14(17)18/h1-8H. The Balaban J connectivity index is 1.86. The predicted octanol–water partition coefficient (Wildman–Crippen LogP) is 4.23. The first-order valence-corrected chi connectivity index (χ1v) is 7.04. The minimum atomic E-state index is -0.471. The monoisotopic (exact) mass is 324 g/mol. The highest BCUT2D eigenvalue weighted by Crippen LogP contribution is 2.31. The molecular formula is C12H8N2O5S2. The molecule has 0 aliphatic heterocycles. The summed E-state index contributed by atoms with van der Waals surface area (Å²) in [6.07, 6.45) is 0. The molecule has 0 unspecified atom stereocenters. The van der Waals surface area contributed by atoms with Gasteiger partial charge in [-0.3, -0.25) is 20.2 Å². The number of nitro benzene ring substituents is 2. The molecule has 0 N–H and O–H groups in total. The van der Waals surface area contributed by atoms with Gasteiger partial charge in [0.2, 0.25) is 0 Å². The zero-order chi connectivity index (χ0) is 15.2. The number of hydrogen-bond acceptors (Lipinski definition) is 7. The van der Waals surface area contributed by atoms with E-state index in [1.54, 1.807) is 24.3 Å². The third kappa shape index (κ3) is 4.45. The van der Waals surface area contributed by atoms with E-state index in [9.17, 15) is 20.2 Å². The van der Waals surface area contributed by atoms with Gasteiger partial charge in [-0.05, 0) is 24.3 Å². The van der Waals surface area contributed by atoms with Crippen molar-refractivity contribution in [2.45, 2.75) is 9.79 Å². The lowest BCUT2D eigenvalue weighted by Gasteiger charge is -2.01. The molecule has 9 heteroatoms. The lowest BCUT2D eigenvalue weighted by Crippen LogP contribution is -1.86. The first kappa shape index (κ1) is 15.3. The van der Waals surface area contributed by atoms with Gasteiger partial charge >= 0.3 is 0 Å². The summed E-state index contributed by atoms with van der Waals surface area (Å²) in [6.45, 7) is 0. The Hall–Kier alpha value is -2.10. The average molecular weight is 324 g/mol. The summed E-state index contributed by atoms with van der Waals surface area (Å²) in [4.78, 5) is 21.5. The molecule has 0 saturated carbocycles. The van der Waals surface area contributed by atoms with Crippen molar-refractivity contribution in [3.05, 3.63) is 68.8 Å². The van der Waals surface area contributed by atoms with Gasteiger partial charge in [0, 0.05) is 58.1 Å². The van der Waals surface area contributed by atoms with Crippen LogP contribution in [0.5, 0.6) is 0 Å². The summed E-state index contributed by atoms with van der Waals surface area (Å²) >= 11 is 2.11. The summed E-state index contributed by atoms with van der Waals surface area (Å²) in [5.74, 6) is 0. The van der Waals surface area contributed by atoms with E-state index in [1.165, 1.54) is 24.3 Å². The van der Waals surface area contributed by atoms with E-state index in [0.717, 1.165) is 33.9 Å². The van der Waals surface area contributed by atoms with Gasteiger partial charge in [-0.1, -0.05) is 0 Å². The quantitative estimate of drug-likeness (QED) is 0.445. The molecule has 0 aliphatic carbocycles. The molecule has 0 amide bonds. The van der Waals surface area contributed by atoms with Crippen LogP contribution in [0.2, 0.25) is 0 Å². The molecule has 21 heavy (non-hydrogen) atoms. The maximum atomic E-state index is 10.5. The van der Waals surface area contributed by atoms with Crippen molar-refractivity contribution in [2.75, 3.05) is 0 Å². The van der Waals surface area contributed by atoms with E-state index in [4.69, 9.17) is 3.63 Å². The highest BCUT2D eigenvalue weighted by molar-refractivity contribution is 8.07. The molecule has 0 fully saturated rings. The maximum absolute atomic E-state index is 10.5. The topological polar surface area (TPSA) is 95.5 Å². The fraction of sp³-hybridized carbons (Fsp3) is 0. The normalized spacial score (nSPS) is 10.3. The maximum Gasteiger partial charge on any atom is 0.269 e. The highest BCUT2D eigenvalue weighted by atomic mass is 32.2. The number of nitrogens with zero attached hydrogens (tertiary/aromatic N) is 2. The van der Waals surface area contributed by atoms with Crippen LogP contribution in [0.3, 0.4) is 0 Å². The van der Waals surface area contributed by atoms with Crippen molar-refractivity contribution < 1.29 is 13.5 Å². The highest BCUT2D eigenvalue weighted by Gasteiger charge is 2.06. The van der Waals surface area contributed by atoms with Gasteiger partial charge in [0.25, 0.3) is 11.4 Å². The van der Waals surface area contributed by atoms with Gasteiger partial charge < -0.3 is 0 Å². The summed E-state index contributed by atoms with van der Waals surface area (Å²) in [6, 6.07) is 11.9. The smallest absolute Gasteiger partial charge is 0.258 e. The van der Waals surface area contributed by atoms with E-state index in [-0.39, 0.29) is 11.4 Å². The van der Waals surface area contributed by atoms with E-state index < -0.39 is 9.85 Å². The lowest BCUT2D eigenvalue weighted by atomic mass is 10.3. The van der Waals surface area contributed by atoms with E-state index in [1.807, 2.05) is 0 Å². The molecule has 0 aromatic heterocycles. The Morgan fingerprint density at radius 3 is 1.33 bits per heavy atom. The fourth-order valence-electron chi connectivity index (χ4n) is 1.34. The minimum Gasteiger partial charge on any atom is -0.258 e. The zero-order valence-corrected chi connectivity index (χ0v) is 12.0. The van der Waals surface area contributed by atoms with Crippen LogP contribution >= 0.6 is 24.1 Å². The van der Waals surface area contributed by atoms with Gasteiger partial charge in [-0.2, -0.15) is 0 Å². The third-order valence-electron chi connectivity index (χ3n) is 2.36.